The highest BCUT2D eigenvalue weighted by Crippen LogP contribution is 2.32. The number of methoxy groups -OCH3 is 1. The van der Waals surface area contributed by atoms with E-state index in [2.05, 4.69) is 33.9 Å². The number of halogens is 1. The third-order valence-electron chi connectivity index (χ3n) is 6.47. The van der Waals surface area contributed by atoms with Crippen LogP contribution >= 0.6 is 0 Å². The molecule has 8 heteroatoms. The Balaban J connectivity index is 1.41. The molecule has 0 spiro atoms. The fourth-order valence-corrected chi connectivity index (χ4v) is 4.40. The second kappa shape index (κ2) is 9.95. The van der Waals surface area contributed by atoms with Crippen LogP contribution in [0.25, 0.3) is 0 Å². The predicted molar refractivity (Wildman–Crippen MR) is 129 cm³/mol. The zero-order valence-electron chi connectivity index (χ0n) is 19.7. The summed E-state index contributed by atoms with van der Waals surface area (Å²) in [4.78, 5) is 16.7. The van der Waals surface area contributed by atoms with Crippen LogP contribution in [0.5, 0.6) is 17.4 Å². The predicted octanol–water partition coefficient (Wildman–Crippen LogP) is 3.73. The van der Waals surface area contributed by atoms with Gasteiger partial charge in [-0.05, 0) is 49.0 Å². The van der Waals surface area contributed by atoms with Gasteiger partial charge >= 0.3 is 0 Å². The van der Waals surface area contributed by atoms with E-state index in [1.807, 2.05) is 12.1 Å². The molecule has 0 N–H and O–H groups in total. The van der Waals surface area contributed by atoms with Gasteiger partial charge in [-0.25, -0.2) is 9.37 Å². The van der Waals surface area contributed by atoms with E-state index in [1.54, 1.807) is 19.2 Å². The number of hydrogen-bond acceptors (Lipinski definition) is 7. The molecule has 7 nitrogen and oxygen atoms in total. The highest BCUT2D eigenvalue weighted by atomic mass is 19.1. The molecule has 0 aliphatic carbocycles. The molecule has 3 heterocycles. The summed E-state index contributed by atoms with van der Waals surface area (Å²) in [6, 6.07) is 14.2. The molecule has 0 bridgehead atoms. The number of aromatic nitrogens is 2. The SMILES string of the molecule is COc1ccc(CN2CCc3nc(N4CCN(C)CC4)nc(Oc4ccc(F)cc4)c3C2)cc1. The van der Waals surface area contributed by atoms with Crippen LogP contribution in [0.15, 0.2) is 48.5 Å². The molecule has 1 saturated heterocycles. The minimum absolute atomic E-state index is 0.291. The van der Waals surface area contributed by atoms with Crippen molar-refractivity contribution in [2.75, 3.05) is 51.8 Å². The van der Waals surface area contributed by atoms with Gasteiger partial charge in [-0.2, -0.15) is 4.98 Å². The van der Waals surface area contributed by atoms with Gasteiger partial charge in [0.25, 0.3) is 0 Å². The number of ether oxygens (including phenoxy) is 2. The Kier molecular flexibility index (Phi) is 6.60. The summed E-state index contributed by atoms with van der Waals surface area (Å²) in [5, 5.41) is 0. The highest BCUT2D eigenvalue weighted by Gasteiger charge is 2.26. The first-order valence-electron chi connectivity index (χ1n) is 11.7. The lowest BCUT2D eigenvalue weighted by Gasteiger charge is -2.34. The maximum atomic E-state index is 13.4. The van der Waals surface area contributed by atoms with Crippen molar-refractivity contribution in [1.82, 2.24) is 19.8 Å². The Morgan fingerprint density at radius 2 is 1.59 bits per heavy atom. The smallest absolute Gasteiger partial charge is 0.228 e. The van der Waals surface area contributed by atoms with E-state index in [0.717, 1.165) is 62.7 Å². The van der Waals surface area contributed by atoms with Crippen LogP contribution in [0.2, 0.25) is 0 Å². The van der Waals surface area contributed by atoms with Gasteiger partial charge in [0.15, 0.2) is 0 Å². The third-order valence-corrected chi connectivity index (χ3v) is 6.47. The van der Waals surface area contributed by atoms with E-state index < -0.39 is 0 Å². The average Bonchev–Trinajstić information content (AvgIpc) is 2.86. The summed E-state index contributed by atoms with van der Waals surface area (Å²) in [7, 11) is 3.81. The summed E-state index contributed by atoms with van der Waals surface area (Å²) < 4.78 is 24.9. The Hall–Kier alpha value is -3.23. The molecule has 3 aromatic rings. The fraction of sp³-hybridized carbons (Fsp3) is 0.385. The minimum Gasteiger partial charge on any atom is -0.497 e. The Morgan fingerprint density at radius 1 is 0.882 bits per heavy atom. The summed E-state index contributed by atoms with van der Waals surface area (Å²) >= 11 is 0. The molecule has 2 aromatic carbocycles. The second-order valence-electron chi connectivity index (χ2n) is 8.91. The second-order valence-corrected chi connectivity index (χ2v) is 8.91. The normalized spacial score (nSPS) is 16.9. The molecule has 178 valence electrons. The molecule has 0 amide bonds. The molecule has 0 unspecified atom stereocenters. The van der Waals surface area contributed by atoms with Crippen molar-refractivity contribution in [3.8, 4) is 17.4 Å². The molecular formula is C26H30FN5O2. The number of piperazine rings is 1. The van der Waals surface area contributed by atoms with Gasteiger partial charge < -0.3 is 19.3 Å². The summed E-state index contributed by atoms with van der Waals surface area (Å²) in [5.74, 6) is 2.41. The lowest BCUT2D eigenvalue weighted by atomic mass is 10.1. The molecule has 0 saturated carbocycles. The number of rotatable bonds is 6. The first-order valence-corrected chi connectivity index (χ1v) is 11.7. The van der Waals surface area contributed by atoms with Crippen LogP contribution in [0.1, 0.15) is 16.8 Å². The van der Waals surface area contributed by atoms with Crippen molar-refractivity contribution < 1.29 is 13.9 Å². The van der Waals surface area contributed by atoms with Crippen LogP contribution in [0, 0.1) is 5.82 Å². The van der Waals surface area contributed by atoms with E-state index >= 15 is 0 Å². The summed E-state index contributed by atoms with van der Waals surface area (Å²) in [6.07, 6.45) is 0.828. The molecule has 5 rings (SSSR count). The molecule has 1 fully saturated rings. The lowest BCUT2D eigenvalue weighted by molar-refractivity contribution is 0.238. The fourth-order valence-electron chi connectivity index (χ4n) is 4.40. The zero-order chi connectivity index (χ0) is 23.5. The monoisotopic (exact) mass is 463 g/mol. The van der Waals surface area contributed by atoms with E-state index in [-0.39, 0.29) is 5.82 Å². The minimum atomic E-state index is -0.291. The van der Waals surface area contributed by atoms with Crippen LogP contribution in [0.3, 0.4) is 0 Å². The number of anilines is 1. The van der Waals surface area contributed by atoms with Crippen molar-refractivity contribution in [3.05, 3.63) is 71.2 Å². The Bertz CT molecular complexity index is 1120. The molecular weight excluding hydrogens is 433 g/mol. The van der Waals surface area contributed by atoms with Gasteiger partial charge in [0.1, 0.15) is 17.3 Å². The standard InChI is InChI=1S/C26H30FN5O2/c1-30-13-15-32(16-14-30)26-28-24-11-12-31(17-19-3-7-21(33-2)8-4-19)18-23(24)25(29-26)34-22-9-5-20(27)6-10-22/h3-10H,11-18H2,1-2H3. The van der Waals surface area contributed by atoms with Crippen molar-refractivity contribution in [2.45, 2.75) is 19.5 Å². The van der Waals surface area contributed by atoms with Crippen molar-refractivity contribution in [2.24, 2.45) is 0 Å². The lowest BCUT2D eigenvalue weighted by Crippen LogP contribution is -2.45. The van der Waals surface area contributed by atoms with Gasteiger partial charge in [-0.1, -0.05) is 12.1 Å². The van der Waals surface area contributed by atoms with Crippen molar-refractivity contribution in [1.29, 1.82) is 0 Å². The van der Waals surface area contributed by atoms with Gasteiger partial charge in [0.2, 0.25) is 11.8 Å². The van der Waals surface area contributed by atoms with E-state index in [9.17, 15) is 4.39 Å². The molecule has 2 aliphatic heterocycles. The van der Waals surface area contributed by atoms with E-state index in [4.69, 9.17) is 19.4 Å². The van der Waals surface area contributed by atoms with Crippen LogP contribution < -0.4 is 14.4 Å². The number of likely N-dealkylation sites (N-methyl/N-ethyl adjacent to an activating group) is 1. The number of nitrogens with zero attached hydrogens (tertiary/aromatic N) is 5. The van der Waals surface area contributed by atoms with Crippen molar-refractivity contribution >= 4 is 5.95 Å². The maximum Gasteiger partial charge on any atom is 0.228 e. The van der Waals surface area contributed by atoms with Gasteiger partial charge in [0, 0.05) is 52.2 Å². The Morgan fingerprint density at radius 3 is 2.29 bits per heavy atom. The Labute approximate surface area is 199 Å². The van der Waals surface area contributed by atoms with Crippen molar-refractivity contribution in [3.63, 3.8) is 0 Å². The van der Waals surface area contributed by atoms with Gasteiger partial charge in [0.05, 0.1) is 18.4 Å². The van der Waals surface area contributed by atoms with Crippen LogP contribution in [0.4, 0.5) is 10.3 Å². The zero-order valence-corrected chi connectivity index (χ0v) is 19.7. The average molecular weight is 464 g/mol. The molecule has 34 heavy (non-hydrogen) atoms. The number of benzene rings is 2. The van der Waals surface area contributed by atoms with E-state index in [0.29, 0.717) is 24.1 Å². The summed E-state index contributed by atoms with van der Waals surface area (Å²) in [5.41, 5.74) is 3.26. The highest BCUT2D eigenvalue weighted by molar-refractivity contribution is 5.44. The largest absolute Gasteiger partial charge is 0.497 e. The van der Waals surface area contributed by atoms with Gasteiger partial charge in [-0.15, -0.1) is 0 Å². The molecule has 0 radical (unpaired) electrons. The number of fused-ring (bicyclic) bond motifs is 1. The maximum absolute atomic E-state index is 13.4. The first kappa shape index (κ1) is 22.6. The van der Waals surface area contributed by atoms with Gasteiger partial charge in [-0.3, -0.25) is 4.90 Å². The topological polar surface area (TPSA) is 54.0 Å². The quantitative estimate of drug-likeness (QED) is 0.552. The molecule has 0 atom stereocenters. The van der Waals surface area contributed by atoms with E-state index in [1.165, 1.54) is 17.7 Å². The molecule has 1 aromatic heterocycles. The summed E-state index contributed by atoms with van der Waals surface area (Å²) in [6.45, 7) is 6.15. The van der Waals surface area contributed by atoms with Crippen LogP contribution in [-0.4, -0.2) is 66.6 Å². The third kappa shape index (κ3) is 5.13. The first-order chi connectivity index (χ1) is 16.6. The van der Waals surface area contributed by atoms with Crippen LogP contribution in [-0.2, 0) is 19.5 Å². The molecule has 2 aliphatic rings. The number of hydrogen-bond donors (Lipinski definition) is 0.